The third-order valence-electron chi connectivity index (χ3n) is 2.38. The molecule has 0 bridgehead atoms. The number of halogens is 3. The predicted molar refractivity (Wildman–Crippen MR) is 59.4 cm³/mol. The molecule has 0 fully saturated rings. The van der Waals surface area contributed by atoms with Crippen LogP contribution in [-0.4, -0.2) is 4.98 Å². The summed E-state index contributed by atoms with van der Waals surface area (Å²) < 4.78 is 37.0. The Kier molecular flexibility index (Phi) is 3.02. The van der Waals surface area contributed by atoms with Crippen molar-refractivity contribution in [2.45, 2.75) is 6.18 Å². The molecule has 0 unspecified atom stereocenters. The van der Waals surface area contributed by atoms with E-state index in [9.17, 15) is 13.2 Å². The minimum absolute atomic E-state index is 0.451. The fourth-order valence-corrected chi connectivity index (χ4v) is 1.50. The highest BCUT2D eigenvalue weighted by Gasteiger charge is 2.31. The van der Waals surface area contributed by atoms with Gasteiger partial charge in [0.1, 0.15) is 5.69 Å². The van der Waals surface area contributed by atoms with E-state index in [0.29, 0.717) is 16.7 Å². The number of hydrogen-bond donors (Lipinski definition) is 0. The van der Waals surface area contributed by atoms with Crippen LogP contribution in [0.1, 0.15) is 11.3 Å². The van der Waals surface area contributed by atoms with Crippen LogP contribution in [0.15, 0.2) is 42.6 Å². The van der Waals surface area contributed by atoms with Crippen molar-refractivity contribution < 1.29 is 13.2 Å². The topological polar surface area (TPSA) is 36.7 Å². The second-order valence-corrected chi connectivity index (χ2v) is 3.62. The molecule has 0 N–H and O–H groups in total. The van der Waals surface area contributed by atoms with Crippen LogP contribution in [0.25, 0.3) is 11.1 Å². The highest BCUT2D eigenvalue weighted by atomic mass is 19.4. The van der Waals surface area contributed by atoms with E-state index in [1.54, 1.807) is 24.3 Å². The third kappa shape index (κ3) is 2.48. The van der Waals surface area contributed by atoms with E-state index in [2.05, 4.69) is 4.98 Å². The number of benzene rings is 1. The number of nitriles is 1. The summed E-state index contributed by atoms with van der Waals surface area (Å²) in [5, 5.41) is 8.75. The van der Waals surface area contributed by atoms with Gasteiger partial charge >= 0.3 is 6.18 Å². The number of pyridine rings is 1. The fourth-order valence-electron chi connectivity index (χ4n) is 1.50. The molecule has 0 radical (unpaired) electrons. The standard InChI is InChI=1S/C13H7F3N2/c14-13(15,16)12-5-4-11(8-18-12)10-3-1-2-9(6-10)7-17/h1-6,8H. The Morgan fingerprint density at radius 3 is 2.39 bits per heavy atom. The maximum absolute atomic E-state index is 12.3. The van der Waals surface area contributed by atoms with E-state index in [1.165, 1.54) is 6.07 Å². The Balaban J connectivity index is 2.38. The zero-order chi connectivity index (χ0) is 13.2. The van der Waals surface area contributed by atoms with Crippen LogP contribution >= 0.6 is 0 Å². The van der Waals surface area contributed by atoms with Crippen LogP contribution < -0.4 is 0 Å². The van der Waals surface area contributed by atoms with Crippen LogP contribution in [0.5, 0.6) is 0 Å². The number of alkyl halides is 3. The summed E-state index contributed by atoms with van der Waals surface area (Å²) in [5.74, 6) is 0. The Morgan fingerprint density at radius 2 is 1.83 bits per heavy atom. The Labute approximate surface area is 101 Å². The molecule has 0 spiro atoms. The van der Waals surface area contributed by atoms with E-state index in [0.717, 1.165) is 12.3 Å². The average Bonchev–Trinajstić information content (AvgIpc) is 2.38. The van der Waals surface area contributed by atoms with Crippen LogP contribution in [0.3, 0.4) is 0 Å². The van der Waals surface area contributed by atoms with Crippen molar-refractivity contribution in [3.05, 3.63) is 53.9 Å². The van der Waals surface area contributed by atoms with E-state index in [4.69, 9.17) is 5.26 Å². The minimum Gasteiger partial charge on any atom is -0.251 e. The van der Waals surface area contributed by atoms with Gasteiger partial charge in [-0.2, -0.15) is 18.4 Å². The summed E-state index contributed by atoms with van der Waals surface area (Å²) >= 11 is 0. The van der Waals surface area contributed by atoms with E-state index < -0.39 is 11.9 Å². The maximum atomic E-state index is 12.3. The Bertz CT molecular complexity index is 595. The van der Waals surface area contributed by atoms with Gasteiger partial charge in [0.25, 0.3) is 0 Å². The molecule has 0 amide bonds. The summed E-state index contributed by atoms with van der Waals surface area (Å²) in [6.07, 6.45) is -3.29. The minimum atomic E-state index is -4.44. The normalized spacial score (nSPS) is 11.0. The lowest BCUT2D eigenvalue weighted by atomic mass is 10.1. The van der Waals surface area contributed by atoms with Gasteiger partial charge in [-0.3, -0.25) is 4.98 Å². The predicted octanol–water partition coefficient (Wildman–Crippen LogP) is 3.64. The summed E-state index contributed by atoms with van der Waals surface area (Å²) in [6.45, 7) is 0. The van der Waals surface area contributed by atoms with E-state index in [-0.39, 0.29) is 0 Å². The van der Waals surface area contributed by atoms with Crippen LogP contribution in [0, 0.1) is 11.3 Å². The van der Waals surface area contributed by atoms with E-state index >= 15 is 0 Å². The Morgan fingerprint density at radius 1 is 1.06 bits per heavy atom. The lowest BCUT2D eigenvalue weighted by Gasteiger charge is -2.06. The van der Waals surface area contributed by atoms with Crippen molar-refractivity contribution in [1.82, 2.24) is 4.98 Å². The molecular formula is C13H7F3N2. The highest BCUT2D eigenvalue weighted by molar-refractivity contribution is 5.64. The van der Waals surface area contributed by atoms with Gasteiger partial charge in [0, 0.05) is 11.8 Å². The lowest BCUT2D eigenvalue weighted by Crippen LogP contribution is -2.07. The van der Waals surface area contributed by atoms with Gasteiger partial charge < -0.3 is 0 Å². The van der Waals surface area contributed by atoms with Crippen molar-refractivity contribution in [2.24, 2.45) is 0 Å². The van der Waals surface area contributed by atoms with E-state index in [1.807, 2.05) is 6.07 Å². The average molecular weight is 248 g/mol. The van der Waals surface area contributed by atoms with Gasteiger partial charge in [0.2, 0.25) is 0 Å². The summed E-state index contributed by atoms with van der Waals surface area (Å²) in [7, 11) is 0. The van der Waals surface area contributed by atoms with Gasteiger partial charge in [-0.1, -0.05) is 18.2 Å². The molecule has 90 valence electrons. The van der Waals surface area contributed by atoms with Crippen LogP contribution in [-0.2, 0) is 6.18 Å². The number of hydrogen-bond acceptors (Lipinski definition) is 2. The van der Waals surface area contributed by atoms with Gasteiger partial charge in [-0.15, -0.1) is 0 Å². The van der Waals surface area contributed by atoms with Gasteiger partial charge in [0.05, 0.1) is 11.6 Å². The summed E-state index contributed by atoms with van der Waals surface area (Å²) in [4.78, 5) is 3.37. The molecule has 18 heavy (non-hydrogen) atoms. The first kappa shape index (κ1) is 12.1. The molecule has 0 saturated heterocycles. The molecule has 1 heterocycles. The molecule has 1 aromatic carbocycles. The van der Waals surface area contributed by atoms with Crippen LogP contribution in [0.2, 0.25) is 0 Å². The second-order valence-electron chi connectivity index (χ2n) is 3.62. The quantitative estimate of drug-likeness (QED) is 0.772. The first-order chi connectivity index (χ1) is 8.50. The molecule has 0 atom stereocenters. The van der Waals surface area contributed by atoms with Crippen molar-refractivity contribution in [2.75, 3.05) is 0 Å². The van der Waals surface area contributed by atoms with Gasteiger partial charge in [-0.25, -0.2) is 0 Å². The monoisotopic (exact) mass is 248 g/mol. The molecule has 2 aromatic rings. The fraction of sp³-hybridized carbons (Fsp3) is 0.0769. The maximum Gasteiger partial charge on any atom is 0.433 e. The van der Waals surface area contributed by atoms with Crippen LogP contribution in [0.4, 0.5) is 13.2 Å². The number of aromatic nitrogens is 1. The van der Waals surface area contributed by atoms with Crippen molar-refractivity contribution in [1.29, 1.82) is 5.26 Å². The molecular weight excluding hydrogens is 241 g/mol. The second kappa shape index (κ2) is 4.49. The zero-order valence-corrected chi connectivity index (χ0v) is 9.07. The van der Waals surface area contributed by atoms with Gasteiger partial charge in [-0.05, 0) is 23.8 Å². The molecule has 5 heteroatoms. The highest BCUT2D eigenvalue weighted by Crippen LogP contribution is 2.29. The van der Waals surface area contributed by atoms with Crippen molar-refractivity contribution in [3.63, 3.8) is 0 Å². The summed E-state index contributed by atoms with van der Waals surface area (Å²) in [5.41, 5.74) is 0.727. The lowest BCUT2D eigenvalue weighted by molar-refractivity contribution is -0.141. The zero-order valence-electron chi connectivity index (χ0n) is 9.07. The smallest absolute Gasteiger partial charge is 0.251 e. The third-order valence-corrected chi connectivity index (χ3v) is 2.38. The summed E-state index contributed by atoms with van der Waals surface area (Å²) in [6, 6.07) is 10.8. The molecule has 0 saturated carbocycles. The number of nitrogens with zero attached hydrogens (tertiary/aromatic N) is 2. The largest absolute Gasteiger partial charge is 0.433 e. The van der Waals surface area contributed by atoms with Gasteiger partial charge in [0.15, 0.2) is 0 Å². The molecule has 0 aliphatic heterocycles. The number of rotatable bonds is 1. The van der Waals surface area contributed by atoms with Crippen molar-refractivity contribution >= 4 is 0 Å². The Hall–Kier alpha value is -2.35. The molecule has 1 aromatic heterocycles. The first-order valence-electron chi connectivity index (χ1n) is 5.04. The SMILES string of the molecule is N#Cc1cccc(-c2ccc(C(F)(F)F)nc2)c1. The molecule has 2 nitrogen and oxygen atoms in total. The molecule has 0 aliphatic rings. The van der Waals surface area contributed by atoms with Crippen molar-refractivity contribution in [3.8, 4) is 17.2 Å². The molecule has 0 aliphatic carbocycles. The molecule has 2 rings (SSSR count). The first-order valence-corrected chi connectivity index (χ1v) is 5.04.